The Morgan fingerprint density at radius 1 is 1.55 bits per heavy atom. The van der Waals surface area contributed by atoms with Gasteiger partial charge in [-0.15, -0.1) is 11.3 Å². The van der Waals surface area contributed by atoms with Crippen molar-refractivity contribution in [2.45, 2.75) is 38.8 Å². The van der Waals surface area contributed by atoms with Crippen LogP contribution < -0.4 is 10.6 Å². The smallest absolute Gasteiger partial charge is 0.220 e. The Labute approximate surface area is 125 Å². The van der Waals surface area contributed by atoms with E-state index in [-0.39, 0.29) is 5.91 Å². The summed E-state index contributed by atoms with van der Waals surface area (Å²) >= 11 is 1.87. The average molecular weight is 295 g/mol. The van der Waals surface area contributed by atoms with Crippen LogP contribution in [-0.4, -0.2) is 43.5 Å². The molecule has 1 unspecified atom stereocenters. The van der Waals surface area contributed by atoms with Crippen molar-refractivity contribution in [3.63, 3.8) is 0 Å². The van der Waals surface area contributed by atoms with E-state index in [2.05, 4.69) is 33.9 Å². The molecule has 0 radical (unpaired) electrons. The number of hydrogen-bond donors (Lipinski definition) is 2. The number of rotatable bonds is 7. The Morgan fingerprint density at radius 2 is 2.40 bits per heavy atom. The van der Waals surface area contributed by atoms with Crippen LogP contribution in [0.5, 0.6) is 0 Å². The number of amides is 1. The second-order valence-corrected chi connectivity index (χ2v) is 6.45. The van der Waals surface area contributed by atoms with Gasteiger partial charge in [0.25, 0.3) is 0 Å². The highest BCUT2D eigenvalue weighted by Crippen LogP contribution is 2.24. The number of thiophene rings is 1. The van der Waals surface area contributed by atoms with E-state index < -0.39 is 0 Å². The van der Waals surface area contributed by atoms with Crippen LogP contribution in [0.15, 0.2) is 11.4 Å². The average Bonchev–Trinajstić information content (AvgIpc) is 2.92. The van der Waals surface area contributed by atoms with Crippen molar-refractivity contribution in [2.24, 2.45) is 0 Å². The van der Waals surface area contributed by atoms with Crippen LogP contribution in [0.3, 0.4) is 0 Å². The first-order chi connectivity index (χ1) is 9.70. The minimum absolute atomic E-state index is 0.167. The van der Waals surface area contributed by atoms with Crippen molar-refractivity contribution in [3.8, 4) is 0 Å². The van der Waals surface area contributed by atoms with Crippen molar-refractivity contribution < 1.29 is 4.79 Å². The first kappa shape index (κ1) is 15.5. The minimum atomic E-state index is 0.167. The predicted molar refractivity (Wildman–Crippen MR) is 84.1 cm³/mol. The molecule has 1 aliphatic rings. The molecule has 112 valence electrons. The molecule has 1 atom stereocenters. The van der Waals surface area contributed by atoms with Crippen molar-refractivity contribution in [1.29, 1.82) is 0 Å². The Bertz CT molecular complexity index is 433. The van der Waals surface area contributed by atoms with Crippen molar-refractivity contribution in [2.75, 3.05) is 26.7 Å². The molecular weight excluding hydrogens is 270 g/mol. The standard InChI is InChI=1S/C15H25N3OS/c1-12(10-17-15(19)4-3-7-16-2)18-8-5-14-13(11-18)6-9-20-14/h6,9,12,16H,3-5,7-8,10-11H2,1-2H3,(H,17,19). The molecule has 0 saturated carbocycles. The van der Waals surface area contributed by atoms with Crippen LogP contribution >= 0.6 is 11.3 Å². The van der Waals surface area contributed by atoms with E-state index in [1.165, 1.54) is 10.4 Å². The molecule has 0 saturated heterocycles. The van der Waals surface area contributed by atoms with Gasteiger partial charge in [-0.1, -0.05) is 0 Å². The normalized spacial score (nSPS) is 16.7. The summed E-state index contributed by atoms with van der Waals surface area (Å²) in [5.41, 5.74) is 1.47. The molecule has 0 spiro atoms. The summed E-state index contributed by atoms with van der Waals surface area (Å²) in [6.07, 6.45) is 2.66. The Hall–Kier alpha value is -0.910. The molecule has 1 aromatic heterocycles. The highest BCUT2D eigenvalue weighted by molar-refractivity contribution is 7.10. The van der Waals surface area contributed by atoms with Gasteiger partial charge in [0, 0.05) is 37.0 Å². The molecule has 1 aromatic rings. The monoisotopic (exact) mass is 295 g/mol. The lowest BCUT2D eigenvalue weighted by Crippen LogP contribution is -2.44. The lowest BCUT2D eigenvalue weighted by molar-refractivity contribution is -0.121. The van der Waals surface area contributed by atoms with E-state index in [9.17, 15) is 4.79 Å². The topological polar surface area (TPSA) is 44.4 Å². The largest absolute Gasteiger partial charge is 0.355 e. The first-order valence-corrected chi connectivity index (χ1v) is 8.29. The fourth-order valence-corrected chi connectivity index (χ4v) is 3.44. The summed E-state index contributed by atoms with van der Waals surface area (Å²) in [6, 6.07) is 2.63. The summed E-state index contributed by atoms with van der Waals surface area (Å²) in [7, 11) is 1.91. The third-order valence-corrected chi connectivity index (χ3v) is 4.91. The van der Waals surface area contributed by atoms with Crippen LogP contribution in [-0.2, 0) is 17.8 Å². The van der Waals surface area contributed by atoms with Crippen molar-refractivity contribution in [3.05, 3.63) is 21.9 Å². The molecule has 0 aromatic carbocycles. The molecule has 0 fully saturated rings. The van der Waals surface area contributed by atoms with E-state index in [4.69, 9.17) is 0 Å². The molecule has 5 heteroatoms. The third kappa shape index (κ3) is 4.30. The fourth-order valence-electron chi connectivity index (χ4n) is 2.55. The van der Waals surface area contributed by atoms with E-state index in [1.807, 2.05) is 18.4 Å². The van der Waals surface area contributed by atoms with E-state index in [0.29, 0.717) is 12.5 Å². The quantitative estimate of drug-likeness (QED) is 0.751. The zero-order chi connectivity index (χ0) is 14.4. The molecule has 0 bridgehead atoms. The molecule has 2 N–H and O–H groups in total. The second kappa shape index (κ2) is 7.76. The van der Waals surface area contributed by atoms with Gasteiger partial charge < -0.3 is 10.6 Å². The van der Waals surface area contributed by atoms with E-state index in [0.717, 1.165) is 39.0 Å². The second-order valence-electron chi connectivity index (χ2n) is 5.45. The van der Waals surface area contributed by atoms with E-state index >= 15 is 0 Å². The maximum absolute atomic E-state index is 11.7. The van der Waals surface area contributed by atoms with Crippen LogP contribution in [0.1, 0.15) is 30.2 Å². The third-order valence-electron chi connectivity index (χ3n) is 3.89. The SMILES string of the molecule is CNCCCC(=O)NCC(C)N1CCc2sccc2C1. The summed E-state index contributed by atoms with van der Waals surface area (Å²) in [6.45, 7) is 5.97. The maximum Gasteiger partial charge on any atom is 0.220 e. The Morgan fingerprint density at radius 3 is 3.20 bits per heavy atom. The molecular formula is C15H25N3OS. The predicted octanol–water partition coefficient (Wildman–Crippen LogP) is 1.61. The minimum Gasteiger partial charge on any atom is -0.355 e. The van der Waals surface area contributed by atoms with Gasteiger partial charge in [-0.05, 0) is 50.4 Å². The highest BCUT2D eigenvalue weighted by Gasteiger charge is 2.21. The fraction of sp³-hybridized carbons (Fsp3) is 0.667. The molecule has 4 nitrogen and oxygen atoms in total. The summed E-state index contributed by atoms with van der Waals surface area (Å²) in [5, 5.41) is 8.29. The zero-order valence-corrected chi connectivity index (χ0v) is 13.3. The molecule has 2 heterocycles. The number of carbonyl (C=O) groups is 1. The van der Waals surface area contributed by atoms with Gasteiger partial charge in [0.15, 0.2) is 0 Å². The van der Waals surface area contributed by atoms with Gasteiger partial charge in [0.2, 0.25) is 5.91 Å². The molecule has 2 rings (SSSR count). The van der Waals surface area contributed by atoms with Crippen LogP contribution in [0.2, 0.25) is 0 Å². The number of nitrogens with one attached hydrogen (secondary N) is 2. The number of nitrogens with zero attached hydrogens (tertiary/aromatic N) is 1. The van der Waals surface area contributed by atoms with Gasteiger partial charge in [-0.25, -0.2) is 0 Å². The Kier molecular flexibility index (Phi) is 6.01. The van der Waals surface area contributed by atoms with E-state index in [1.54, 1.807) is 0 Å². The van der Waals surface area contributed by atoms with Crippen molar-refractivity contribution in [1.82, 2.24) is 15.5 Å². The van der Waals surface area contributed by atoms with Gasteiger partial charge in [-0.3, -0.25) is 9.69 Å². The van der Waals surface area contributed by atoms with Crippen LogP contribution in [0.25, 0.3) is 0 Å². The van der Waals surface area contributed by atoms with Gasteiger partial charge in [0.1, 0.15) is 0 Å². The molecule has 1 aliphatic heterocycles. The summed E-state index contributed by atoms with van der Waals surface area (Å²) < 4.78 is 0. The van der Waals surface area contributed by atoms with Crippen LogP contribution in [0.4, 0.5) is 0 Å². The van der Waals surface area contributed by atoms with Gasteiger partial charge >= 0.3 is 0 Å². The summed E-state index contributed by atoms with van der Waals surface area (Å²) in [4.78, 5) is 15.7. The lowest BCUT2D eigenvalue weighted by Gasteiger charge is -2.32. The first-order valence-electron chi connectivity index (χ1n) is 7.41. The van der Waals surface area contributed by atoms with Crippen LogP contribution in [0, 0.1) is 0 Å². The van der Waals surface area contributed by atoms with Crippen molar-refractivity contribution >= 4 is 17.2 Å². The highest BCUT2D eigenvalue weighted by atomic mass is 32.1. The number of carbonyl (C=O) groups excluding carboxylic acids is 1. The Balaban J connectivity index is 1.70. The molecule has 1 amide bonds. The zero-order valence-electron chi connectivity index (χ0n) is 12.4. The van der Waals surface area contributed by atoms with Gasteiger partial charge in [-0.2, -0.15) is 0 Å². The van der Waals surface area contributed by atoms with Gasteiger partial charge in [0.05, 0.1) is 0 Å². The molecule has 0 aliphatic carbocycles. The molecule has 20 heavy (non-hydrogen) atoms. The summed E-state index contributed by atoms with van der Waals surface area (Å²) in [5.74, 6) is 0.167. The lowest BCUT2D eigenvalue weighted by atomic mass is 10.1. The number of hydrogen-bond acceptors (Lipinski definition) is 4. The number of fused-ring (bicyclic) bond motifs is 1. The maximum atomic E-state index is 11.7.